The van der Waals surface area contributed by atoms with Gasteiger partial charge in [0, 0.05) is 30.6 Å². The van der Waals surface area contributed by atoms with Crippen LogP contribution in [0.3, 0.4) is 0 Å². The highest BCUT2D eigenvalue weighted by Gasteiger charge is 2.13. The van der Waals surface area contributed by atoms with Crippen LogP contribution in [0.5, 0.6) is 11.5 Å². The number of hydrogen-bond donors (Lipinski definition) is 1. The standard InChI is InChI=1S/C16H20N2O2S/c1-12(17-7-6-16-18-8-9-21-16)2-3-13-4-5-14-15(10-13)20-11-19-14/h4-5,8-10,12,17H,2-3,6-7,11H2,1H3. The van der Waals surface area contributed by atoms with Crippen LogP contribution in [0.4, 0.5) is 0 Å². The van der Waals surface area contributed by atoms with Crippen molar-refractivity contribution in [2.45, 2.75) is 32.2 Å². The van der Waals surface area contributed by atoms with Crippen LogP contribution in [-0.4, -0.2) is 24.4 Å². The molecule has 0 saturated carbocycles. The number of thiazole rings is 1. The highest BCUT2D eigenvalue weighted by atomic mass is 32.1. The van der Waals surface area contributed by atoms with Gasteiger partial charge in [0.2, 0.25) is 6.79 Å². The molecule has 0 spiro atoms. The minimum atomic E-state index is 0.341. The fraction of sp³-hybridized carbons (Fsp3) is 0.438. The largest absolute Gasteiger partial charge is 0.454 e. The Morgan fingerprint density at radius 2 is 2.19 bits per heavy atom. The number of benzene rings is 1. The van der Waals surface area contributed by atoms with Gasteiger partial charge in [-0.3, -0.25) is 0 Å². The first kappa shape index (κ1) is 14.4. The smallest absolute Gasteiger partial charge is 0.231 e. The Balaban J connectivity index is 1.40. The fourth-order valence-corrected chi connectivity index (χ4v) is 3.00. The van der Waals surface area contributed by atoms with E-state index in [0.29, 0.717) is 12.8 Å². The summed E-state index contributed by atoms with van der Waals surface area (Å²) in [5.74, 6) is 1.73. The van der Waals surface area contributed by atoms with E-state index in [1.54, 1.807) is 11.3 Å². The van der Waals surface area contributed by atoms with Gasteiger partial charge in [0.1, 0.15) is 0 Å². The second-order valence-corrected chi connectivity index (χ2v) is 6.24. The van der Waals surface area contributed by atoms with Crippen LogP contribution in [0, 0.1) is 0 Å². The van der Waals surface area contributed by atoms with Gasteiger partial charge in [-0.15, -0.1) is 11.3 Å². The molecule has 0 aliphatic carbocycles. The molecule has 1 aliphatic heterocycles. The predicted molar refractivity (Wildman–Crippen MR) is 84.2 cm³/mol. The van der Waals surface area contributed by atoms with E-state index in [4.69, 9.17) is 9.47 Å². The topological polar surface area (TPSA) is 43.4 Å². The van der Waals surface area contributed by atoms with Crippen molar-refractivity contribution in [2.75, 3.05) is 13.3 Å². The maximum atomic E-state index is 5.41. The van der Waals surface area contributed by atoms with Crippen LogP contribution in [0.2, 0.25) is 0 Å². The van der Waals surface area contributed by atoms with Crippen molar-refractivity contribution in [2.24, 2.45) is 0 Å². The Hall–Kier alpha value is -1.59. The van der Waals surface area contributed by atoms with Crippen LogP contribution in [0.25, 0.3) is 0 Å². The van der Waals surface area contributed by atoms with E-state index in [-0.39, 0.29) is 0 Å². The maximum absolute atomic E-state index is 5.41. The second-order valence-electron chi connectivity index (χ2n) is 5.26. The number of rotatable bonds is 7. The lowest BCUT2D eigenvalue weighted by Gasteiger charge is -2.13. The van der Waals surface area contributed by atoms with E-state index < -0.39 is 0 Å². The Labute approximate surface area is 129 Å². The predicted octanol–water partition coefficient (Wildman–Crippen LogP) is 3.03. The van der Waals surface area contributed by atoms with Crippen molar-refractivity contribution in [1.82, 2.24) is 10.3 Å². The summed E-state index contributed by atoms with van der Waals surface area (Å²) in [5, 5.41) is 6.78. The number of aryl methyl sites for hydroxylation is 1. The van der Waals surface area contributed by atoms with E-state index in [0.717, 1.165) is 37.3 Å². The van der Waals surface area contributed by atoms with Gasteiger partial charge in [0.15, 0.2) is 11.5 Å². The highest BCUT2D eigenvalue weighted by Crippen LogP contribution is 2.32. The third-order valence-corrected chi connectivity index (χ3v) is 4.46. The zero-order valence-corrected chi connectivity index (χ0v) is 13.0. The summed E-state index contributed by atoms with van der Waals surface area (Å²) in [4.78, 5) is 4.29. The molecule has 0 amide bonds. The Bertz CT molecular complexity index is 572. The zero-order valence-electron chi connectivity index (χ0n) is 12.2. The van der Waals surface area contributed by atoms with Gasteiger partial charge in [-0.1, -0.05) is 6.07 Å². The normalized spacial score (nSPS) is 14.3. The first-order chi connectivity index (χ1) is 10.3. The highest BCUT2D eigenvalue weighted by molar-refractivity contribution is 7.09. The molecule has 2 heterocycles. The average Bonchev–Trinajstić information content (AvgIpc) is 3.15. The van der Waals surface area contributed by atoms with E-state index in [1.165, 1.54) is 10.6 Å². The van der Waals surface area contributed by atoms with Crippen LogP contribution in [0.15, 0.2) is 29.8 Å². The summed E-state index contributed by atoms with van der Waals surface area (Å²) in [6, 6.07) is 6.70. The molecule has 2 aromatic rings. The van der Waals surface area contributed by atoms with Gasteiger partial charge in [0.05, 0.1) is 5.01 Å². The van der Waals surface area contributed by atoms with Crippen LogP contribution in [-0.2, 0) is 12.8 Å². The summed E-state index contributed by atoms with van der Waals surface area (Å²) < 4.78 is 10.7. The third-order valence-electron chi connectivity index (χ3n) is 3.62. The molecule has 0 bridgehead atoms. The molecule has 1 atom stereocenters. The van der Waals surface area contributed by atoms with E-state index in [2.05, 4.69) is 29.4 Å². The number of nitrogens with one attached hydrogen (secondary N) is 1. The minimum Gasteiger partial charge on any atom is -0.454 e. The Kier molecular flexibility index (Phi) is 4.72. The zero-order chi connectivity index (χ0) is 14.5. The Morgan fingerprint density at radius 3 is 3.05 bits per heavy atom. The SMILES string of the molecule is CC(CCc1ccc2c(c1)OCO2)NCCc1nccs1. The molecule has 0 fully saturated rings. The lowest BCUT2D eigenvalue weighted by Crippen LogP contribution is -2.28. The second kappa shape index (κ2) is 6.91. The monoisotopic (exact) mass is 304 g/mol. The van der Waals surface area contributed by atoms with Crippen LogP contribution >= 0.6 is 11.3 Å². The van der Waals surface area contributed by atoms with Crippen molar-refractivity contribution in [3.8, 4) is 11.5 Å². The molecule has 0 saturated heterocycles. The summed E-state index contributed by atoms with van der Waals surface area (Å²) in [5.41, 5.74) is 1.30. The molecule has 1 aromatic heterocycles. The van der Waals surface area contributed by atoms with Crippen molar-refractivity contribution < 1.29 is 9.47 Å². The average molecular weight is 304 g/mol. The van der Waals surface area contributed by atoms with Crippen molar-refractivity contribution in [3.63, 3.8) is 0 Å². The minimum absolute atomic E-state index is 0.341. The molecule has 1 aromatic carbocycles. The molecule has 112 valence electrons. The number of ether oxygens (including phenoxy) is 2. The summed E-state index contributed by atoms with van der Waals surface area (Å²) in [7, 11) is 0. The van der Waals surface area contributed by atoms with Gasteiger partial charge in [0.25, 0.3) is 0 Å². The molecule has 1 aliphatic rings. The van der Waals surface area contributed by atoms with Crippen LogP contribution in [0.1, 0.15) is 23.9 Å². The lowest BCUT2D eigenvalue weighted by atomic mass is 10.1. The number of nitrogens with zero attached hydrogens (tertiary/aromatic N) is 1. The number of hydrogen-bond acceptors (Lipinski definition) is 5. The molecule has 0 radical (unpaired) electrons. The van der Waals surface area contributed by atoms with Crippen molar-refractivity contribution >= 4 is 11.3 Å². The first-order valence-corrected chi connectivity index (χ1v) is 8.19. The quantitative estimate of drug-likeness (QED) is 0.854. The van der Waals surface area contributed by atoms with Gasteiger partial charge >= 0.3 is 0 Å². The van der Waals surface area contributed by atoms with Gasteiger partial charge in [-0.25, -0.2) is 4.98 Å². The summed E-state index contributed by atoms with van der Waals surface area (Å²) >= 11 is 1.72. The Morgan fingerprint density at radius 1 is 1.29 bits per heavy atom. The van der Waals surface area contributed by atoms with E-state index in [1.807, 2.05) is 17.6 Å². The van der Waals surface area contributed by atoms with Crippen LogP contribution < -0.4 is 14.8 Å². The third kappa shape index (κ3) is 3.95. The molecular weight excluding hydrogens is 284 g/mol. The molecule has 4 nitrogen and oxygen atoms in total. The summed E-state index contributed by atoms with van der Waals surface area (Å²) in [6.45, 7) is 3.55. The molecule has 1 unspecified atom stereocenters. The fourth-order valence-electron chi connectivity index (χ4n) is 2.38. The van der Waals surface area contributed by atoms with Gasteiger partial charge in [-0.2, -0.15) is 0 Å². The molecule has 3 rings (SSSR count). The summed E-state index contributed by atoms with van der Waals surface area (Å²) in [6.07, 6.45) is 5.02. The molecule has 5 heteroatoms. The van der Waals surface area contributed by atoms with E-state index in [9.17, 15) is 0 Å². The lowest BCUT2D eigenvalue weighted by molar-refractivity contribution is 0.174. The molecule has 21 heavy (non-hydrogen) atoms. The van der Waals surface area contributed by atoms with Gasteiger partial charge in [-0.05, 0) is 37.5 Å². The van der Waals surface area contributed by atoms with E-state index >= 15 is 0 Å². The molecular formula is C16H20N2O2S. The maximum Gasteiger partial charge on any atom is 0.231 e. The molecule has 1 N–H and O–H groups in total. The van der Waals surface area contributed by atoms with Crippen molar-refractivity contribution in [1.29, 1.82) is 0 Å². The van der Waals surface area contributed by atoms with Gasteiger partial charge < -0.3 is 14.8 Å². The number of aromatic nitrogens is 1. The van der Waals surface area contributed by atoms with Crippen molar-refractivity contribution in [3.05, 3.63) is 40.3 Å². The first-order valence-electron chi connectivity index (χ1n) is 7.31. The number of fused-ring (bicyclic) bond motifs is 1.